The summed E-state index contributed by atoms with van der Waals surface area (Å²) in [7, 11) is 0. The number of nitrogens with one attached hydrogen (secondary N) is 1. The number of thioether (sulfide) groups is 1. The Balaban J connectivity index is 1.57. The molecular formula is C22H20Cl2N6OS. The van der Waals surface area contributed by atoms with Crippen LogP contribution in [0.2, 0.25) is 10.3 Å². The molecule has 0 saturated heterocycles. The summed E-state index contributed by atoms with van der Waals surface area (Å²) in [6.07, 6.45) is 0. The van der Waals surface area contributed by atoms with E-state index in [0.29, 0.717) is 11.4 Å². The van der Waals surface area contributed by atoms with E-state index in [4.69, 9.17) is 28.2 Å². The first-order chi connectivity index (χ1) is 15.3. The lowest BCUT2D eigenvalue weighted by atomic mass is 10.2. The molecular weight excluding hydrogens is 467 g/mol. The van der Waals surface area contributed by atoms with Crippen LogP contribution in [0.1, 0.15) is 34.5 Å². The highest BCUT2D eigenvalue weighted by Crippen LogP contribution is 2.26. The SMILES string of the molecule is CCn1c(CSc2nc(C)cc(C)n2)nc2cc(NC(=O)c3ccc(Cl)nc3Cl)ccc21. The molecule has 1 N–H and O–H groups in total. The highest BCUT2D eigenvalue weighted by Gasteiger charge is 2.15. The number of anilines is 1. The van der Waals surface area contributed by atoms with Gasteiger partial charge in [-0.1, -0.05) is 35.0 Å². The third kappa shape index (κ3) is 4.87. The first-order valence-electron chi connectivity index (χ1n) is 9.91. The summed E-state index contributed by atoms with van der Waals surface area (Å²) in [5, 5.41) is 3.87. The van der Waals surface area contributed by atoms with Gasteiger partial charge in [0.1, 0.15) is 16.1 Å². The van der Waals surface area contributed by atoms with Crippen molar-refractivity contribution in [3.8, 4) is 0 Å². The molecule has 0 atom stereocenters. The number of aromatic nitrogens is 5. The van der Waals surface area contributed by atoms with Crippen LogP contribution in [0, 0.1) is 13.8 Å². The summed E-state index contributed by atoms with van der Waals surface area (Å²) in [5.74, 6) is 1.19. The third-order valence-electron chi connectivity index (χ3n) is 4.75. The second-order valence-corrected chi connectivity index (χ2v) is 8.81. The molecule has 164 valence electrons. The second-order valence-electron chi connectivity index (χ2n) is 7.12. The van der Waals surface area contributed by atoms with Gasteiger partial charge < -0.3 is 9.88 Å². The van der Waals surface area contributed by atoms with Gasteiger partial charge in [-0.25, -0.2) is 19.9 Å². The average molecular weight is 487 g/mol. The van der Waals surface area contributed by atoms with Crippen LogP contribution in [-0.2, 0) is 12.3 Å². The minimum absolute atomic E-state index is 0.0549. The largest absolute Gasteiger partial charge is 0.328 e. The lowest BCUT2D eigenvalue weighted by molar-refractivity contribution is 0.102. The van der Waals surface area contributed by atoms with Crippen molar-refractivity contribution < 1.29 is 4.79 Å². The molecule has 10 heteroatoms. The lowest BCUT2D eigenvalue weighted by Crippen LogP contribution is -2.13. The van der Waals surface area contributed by atoms with Crippen molar-refractivity contribution in [2.45, 2.75) is 38.2 Å². The molecule has 1 aromatic carbocycles. The van der Waals surface area contributed by atoms with Gasteiger partial charge in [-0.2, -0.15) is 0 Å². The molecule has 0 fully saturated rings. The Morgan fingerprint density at radius 1 is 1.03 bits per heavy atom. The minimum Gasteiger partial charge on any atom is -0.328 e. The quantitative estimate of drug-likeness (QED) is 0.213. The Morgan fingerprint density at radius 2 is 1.78 bits per heavy atom. The molecule has 4 aromatic rings. The average Bonchev–Trinajstić information content (AvgIpc) is 3.08. The first kappa shape index (κ1) is 22.5. The zero-order valence-electron chi connectivity index (χ0n) is 17.7. The van der Waals surface area contributed by atoms with Crippen LogP contribution >= 0.6 is 35.0 Å². The minimum atomic E-state index is -0.365. The van der Waals surface area contributed by atoms with E-state index in [9.17, 15) is 4.79 Å². The maximum atomic E-state index is 12.6. The van der Waals surface area contributed by atoms with Gasteiger partial charge in [-0.3, -0.25) is 4.79 Å². The predicted molar refractivity (Wildman–Crippen MR) is 129 cm³/mol. The van der Waals surface area contributed by atoms with E-state index in [0.717, 1.165) is 39.9 Å². The molecule has 1 amide bonds. The third-order valence-corrected chi connectivity index (χ3v) is 6.09. The molecule has 4 rings (SSSR count). The van der Waals surface area contributed by atoms with Gasteiger partial charge >= 0.3 is 0 Å². The number of hydrogen-bond donors (Lipinski definition) is 1. The number of aryl methyl sites for hydroxylation is 3. The number of carbonyl (C=O) groups excluding carboxylic acids is 1. The Labute approximate surface area is 199 Å². The molecule has 0 bridgehead atoms. The maximum Gasteiger partial charge on any atom is 0.258 e. The van der Waals surface area contributed by atoms with Gasteiger partial charge in [0.2, 0.25) is 0 Å². The van der Waals surface area contributed by atoms with E-state index in [1.165, 1.54) is 6.07 Å². The smallest absolute Gasteiger partial charge is 0.258 e. The zero-order chi connectivity index (χ0) is 22.8. The summed E-state index contributed by atoms with van der Waals surface area (Å²) in [6.45, 7) is 6.78. The molecule has 0 radical (unpaired) electrons. The molecule has 3 heterocycles. The van der Waals surface area contributed by atoms with Crippen molar-refractivity contribution in [3.05, 3.63) is 69.5 Å². The van der Waals surface area contributed by atoms with Crippen LogP contribution in [0.5, 0.6) is 0 Å². The Hall–Kier alpha value is -2.68. The Kier molecular flexibility index (Phi) is 6.64. The van der Waals surface area contributed by atoms with E-state index in [1.54, 1.807) is 17.8 Å². The van der Waals surface area contributed by atoms with Crippen molar-refractivity contribution >= 4 is 57.6 Å². The standard InChI is InChI=1S/C22H20Cl2N6OS/c1-4-30-17-7-5-14(27-21(31)15-6-8-18(23)29-20(15)24)10-16(17)28-19(30)11-32-22-25-12(2)9-13(3)26-22/h5-10H,4,11H2,1-3H3,(H,27,31). The molecule has 0 aliphatic carbocycles. The van der Waals surface area contributed by atoms with E-state index in [2.05, 4.69) is 31.8 Å². The van der Waals surface area contributed by atoms with Crippen LogP contribution in [-0.4, -0.2) is 30.4 Å². The molecule has 32 heavy (non-hydrogen) atoms. The van der Waals surface area contributed by atoms with E-state index in [1.807, 2.05) is 38.1 Å². The van der Waals surface area contributed by atoms with Gasteiger partial charge in [-0.05, 0) is 57.2 Å². The van der Waals surface area contributed by atoms with Crippen LogP contribution in [0.3, 0.4) is 0 Å². The van der Waals surface area contributed by atoms with Gasteiger partial charge in [0.25, 0.3) is 5.91 Å². The van der Waals surface area contributed by atoms with Crippen molar-refractivity contribution in [1.29, 1.82) is 0 Å². The number of carbonyl (C=O) groups is 1. The second kappa shape index (κ2) is 9.44. The molecule has 3 aromatic heterocycles. The van der Waals surface area contributed by atoms with Crippen LogP contribution in [0.15, 0.2) is 41.6 Å². The summed E-state index contributed by atoms with van der Waals surface area (Å²) >= 11 is 13.4. The number of pyridine rings is 1. The highest BCUT2D eigenvalue weighted by atomic mass is 35.5. The summed E-state index contributed by atoms with van der Waals surface area (Å²) in [6, 6.07) is 10.7. The summed E-state index contributed by atoms with van der Waals surface area (Å²) in [5.41, 5.74) is 4.54. The number of hydrogen-bond acceptors (Lipinski definition) is 6. The fraction of sp³-hybridized carbons (Fsp3) is 0.227. The van der Waals surface area contributed by atoms with Crippen molar-refractivity contribution in [1.82, 2.24) is 24.5 Å². The normalized spacial score (nSPS) is 11.2. The molecule has 0 saturated carbocycles. The highest BCUT2D eigenvalue weighted by molar-refractivity contribution is 7.98. The number of benzene rings is 1. The number of nitrogens with zero attached hydrogens (tertiary/aromatic N) is 5. The van der Waals surface area contributed by atoms with Crippen molar-refractivity contribution in [2.24, 2.45) is 0 Å². The summed E-state index contributed by atoms with van der Waals surface area (Å²) in [4.78, 5) is 30.3. The number of fused-ring (bicyclic) bond motifs is 1. The van der Waals surface area contributed by atoms with Gasteiger partial charge in [-0.15, -0.1) is 0 Å². The van der Waals surface area contributed by atoms with Gasteiger partial charge in [0, 0.05) is 23.6 Å². The fourth-order valence-corrected chi connectivity index (χ4v) is 4.71. The number of amides is 1. The maximum absolute atomic E-state index is 12.6. The number of imidazole rings is 1. The van der Waals surface area contributed by atoms with Crippen LogP contribution in [0.25, 0.3) is 11.0 Å². The first-order valence-corrected chi connectivity index (χ1v) is 11.7. The Bertz CT molecular complexity index is 1300. The van der Waals surface area contributed by atoms with Crippen LogP contribution in [0.4, 0.5) is 5.69 Å². The molecule has 0 unspecified atom stereocenters. The zero-order valence-corrected chi connectivity index (χ0v) is 20.0. The van der Waals surface area contributed by atoms with Gasteiger partial charge in [0.15, 0.2) is 5.16 Å². The summed E-state index contributed by atoms with van der Waals surface area (Å²) < 4.78 is 2.15. The predicted octanol–water partition coefficient (Wildman–Crippen LogP) is 5.71. The molecule has 7 nitrogen and oxygen atoms in total. The number of rotatable bonds is 6. The van der Waals surface area contributed by atoms with E-state index in [-0.39, 0.29) is 21.8 Å². The van der Waals surface area contributed by atoms with Crippen molar-refractivity contribution in [2.75, 3.05) is 5.32 Å². The number of halogens is 2. The topological polar surface area (TPSA) is 85.6 Å². The monoisotopic (exact) mass is 486 g/mol. The molecule has 0 spiro atoms. The van der Waals surface area contributed by atoms with E-state index >= 15 is 0 Å². The Morgan fingerprint density at radius 3 is 2.47 bits per heavy atom. The van der Waals surface area contributed by atoms with Crippen molar-refractivity contribution in [3.63, 3.8) is 0 Å². The molecule has 0 aliphatic heterocycles. The lowest BCUT2D eigenvalue weighted by Gasteiger charge is -2.08. The fourth-order valence-electron chi connectivity index (χ4n) is 3.39. The van der Waals surface area contributed by atoms with Crippen LogP contribution < -0.4 is 5.32 Å². The molecule has 0 aliphatic rings. The van der Waals surface area contributed by atoms with Gasteiger partial charge in [0.05, 0.1) is 22.3 Å². The van der Waals surface area contributed by atoms with E-state index < -0.39 is 0 Å².